The van der Waals surface area contributed by atoms with Gasteiger partial charge in [0.15, 0.2) is 0 Å². The minimum absolute atomic E-state index is 0.0583. The standard InChI is InChI=1S/C16H25BrN2O2/c1-5-14(13-10-12(17)8-9-15(13)20)18-11(4)16(21)19(6-2)7-3/h8-11,14,18,20H,5-7H2,1-4H3. The van der Waals surface area contributed by atoms with Crippen molar-refractivity contribution in [3.8, 4) is 5.75 Å². The van der Waals surface area contributed by atoms with Crippen LogP contribution in [0.15, 0.2) is 22.7 Å². The third kappa shape index (κ3) is 4.71. The number of hydrogen-bond donors (Lipinski definition) is 2. The number of carbonyl (C=O) groups is 1. The van der Waals surface area contributed by atoms with E-state index in [0.717, 1.165) is 16.5 Å². The third-order valence-electron chi connectivity index (χ3n) is 3.67. The van der Waals surface area contributed by atoms with Crippen molar-refractivity contribution in [2.24, 2.45) is 0 Å². The van der Waals surface area contributed by atoms with Crippen molar-refractivity contribution >= 4 is 21.8 Å². The van der Waals surface area contributed by atoms with Gasteiger partial charge in [0.1, 0.15) is 5.75 Å². The molecule has 2 unspecified atom stereocenters. The zero-order valence-corrected chi connectivity index (χ0v) is 14.8. The number of nitrogens with one attached hydrogen (secondary N) is 1. The van der Waals surface area contributed by atoms with Crippen LogP contribution < -0.4 is 5.32 Å². The molecule has 0 aliphatic rings. The first kappa shape index (κ1) is 18.0. The molecule has 0 spiro atoms. The molecule has 0 heterocycles. The predicted molar refractivity (Wildman–Crippen MR) is 89.4 cm³/mol. The van der Waals surface area contributed by atoms with Gasteiger partial charge in [0, 0.05) is 29.2 Å². The van der Waals surface area contributed by atoms with Gasteiger partial charge in [0.05, 0.1) is 6.04 Å². The molecular formula is C16H25BrN2O2. The van der Waals surface area contributed by atoms with E-state index in [0.29, 0.717) is 13.1 Å². The molecule has 0 fully saturated rings. The predicted octanol–water partition coefficient (Wildman–Crippen LogP) is 3.45. The van der Waals surface area contributed by atoms with E-state index in [9.17, 15) is 9.90 Å². The fourth-order valence-electron chi connectivity index (χ4n) is 2.41. The first-order valence-electron chi connectivity index (χ1n) is 7.47. The Morgan fingerprint density at radius 1 is 1.33 bits per heavy atom. The van der Waals surface area contributed by atoms with Crippen LogP contribution in [0.4, 0.5) is 0 Å². The molecule has 0 aliphatic carbocycles. The highest BCUT2D eigenvalue weighted by molar-refractivity contribution is 9.10. The molecule has 2 atom stereocenters. The average Bonchev–Trinajstić information content (AvgIpc) is 2.48. The summed E-state index contributed by atoms with van der Waals surface area (Å²) in [5, 5.41) is 13.4. The summed E-state index contributed by atoms with van der Waals surface area (Å²) < 4.78 is 0.915. The second-order valence-electron chi connectivity index (χ2n) is 5.06. The summed E-state index contributed by atoms with van der Waals surface area (Å²) in [6.45, 7) is 9.28. The van der Waals surface area contributed by atoms with Crippen molar-refractivity contribution in [2.75, 3.05) is 13.1 Å². The van der Waals surface area contributed by atoms with Crippen LogP contribution in [-0.2, 0) is 4.79 Å². The summed E-state index contributed by atoms with van der Waals surface area (Å²) in [7, 11) is 0. The Morgan fingerprint density at radius 3 is 2.48 bits per heavy atom. The van der Waals surface area contributed by atoms with Crippen LogP contribution in [0.25, 0.3) is 0 Å². The number of nitrogens with zero attached hydrogens (tertiary/aromatic N) is 1. The lowest BCUT2D eigenvalue weighted by Crippen LogP contribution is -2.45. The topological polar surface area (TPSA) is 52.6 Å². The van der Waals surface area contributed by atoms with Crippen LogP contribution in [0.2, 0.25) is 0 Å². The average molecular weight is 357 g/mol. The second-order valence-corrected chi connectivity index (χ2v) is 5.98. The minimum atomic E-state index is -0.284. The third-order valence-corrected chi connectivity index (χ3v) is 4.16. The molecule has 0 aliphatic heterocycles. The molecule has 1 rings (SSSR count). The van der Waals surface area contributed by atoms with E-state index in [1.54, 1.807) is 12.1 Å². The maximum absolute atomic E-state index is 12.3. The van der Waals surface area contributed by atoms with Crippen LogP contribution in [0, 0.1) is 0 Å². The number of carbonyl (C=O) groups excluding carboxylic acids is 1. The maximum atomic E-state index is 12.3. The van der Waals surface area contributed by atoms with Crippen LogP contribution in [-0.4, -0.2) is 35.0 Å². The molecule has 5 heteroatoms. The Bertz CT molecular complexity index is 475. The number of phenols is 1. The summed E-state index contributed by atoms with van der Waals surface area (Å²) in [6, 6.07) is 5.02. The van der Waals surface area contributed by atoms with E-state index in [1.807, 2.05) is 38.7 Å². The maximum Gasteiger partial charge on any atom is 0.239 e. The van der Waals surface area contributed by atoms with Crippen molar-refractivity contribution in [1.29, 1.82) is 0 Å². The van der Waals surface area contributed by atoms with E-state index in [-0.39, 0.29) is 23.7 Å². The molecule has 0 aromatic heterocycles. The minimum Gasteiger partial charge on any atom is -0.508 e. The molecule has 0 saturated heterocycles. The quantitative estimate of drug-likeness (QED) is 0.786. The van der Waals surface area contributed by atoms with Gasteiger partial charge in [-0.25, -0.2) is 0 Å². The summed E-state index contributed by atoms with van der Waals surface area (Å²) in [4.78, 5) is 14.1. The van der Waals surface area contributed by atoms with Crippen molar-refractivity contribution in [3.63, 3.8) is 0 Å². The van der Waals surface area contributed by atoms with Gasteiger partial charge < -0.3 is 10.0 Å². The lowest BCUT2D eigenvalue weighted by atomic mass is 10.0. The molecule has 1 amide bonds. The van der Waals surface area contributed by atoms with Crippen LogP contribution in [0.3, 0.4) is 0 Å². The highest BCUT2D eigenvalue weighted by atomic mass is 79.9. The van der Waals surface area contributed by atoms with Gasteiger partial charge in [-0.15, -0.1) is 0 Å². The van der Waals surface area contributed by atoms with Gasteiger partial charge in [0.25, 0.3) is 0 Å². The van der Waals surface area contributed by atoms with Gasteiger partial charge in [-0.05, 0) is 45.4 Å². The van der Waals surface area contributed by atoms with Crippen molar-refractivity contribution < 1.29 is 9.90 Å². The molecule has 1 aromatic carbocycles. The Kier molecular flexibility index (Phi) is 7.18. The molecule has 1 aromatic rings. The summed E-state index contributed by atoms with van der Waals surface area (Å²) in [5.41, 5.74) is 0.811. The summed E-state index contributed by atoms with van der Waals surface area (Å²) in [6.07, 6.45) is 0.792. The van der Waals surface area contributed by atoms with Gasteiger partial charge in [-0.1, -0.05) is 22.9 Å². The van der Waals surface area contributed by atoms with Crippen molar-refractivity contribution in [3.05, 3.63) is 28.2 Å². The zero-order valence-electron chi connectivity index (χ0n) is 13.2. The van der Waals surface area contributed by atoms with Gasteiger partial charge in [0.2, 0.25) is 5.91 Å². The number of likely N-dealkylation sites (N-methyl/N-ethyl adjacent to an activating group) is 1. The number of benzene rings is 1. The molecule has 0 radical (unpaired) electrons. The SMILES string of the molecule is CCC(NC(C)C(=O)N(CC)CC)c1cc(Br)ccc1O. The van der Waals surface area contributed by atoms with Gasteiger partial charge in [-0.2, -0.15) is 0 Å². The first-order chi connectivity index (χ1) is 9.94. The van der Waals surface area contributed by atoms with Gasteiger partial charge in [-0.3, -0.25) is 10.1 Å². The van der Waals surface area contributed by atoms with Gasteiger partial charge >= 0.3 is 0 Å². The number of halogens is 1. The number of rotatable bonds is 7. The van der Waals surface area contributed by atoms with Crippen LogP contribution >= 0.6 is 15.9 Å². The Hall–Kier alpha value is -1.07. The molecule has 21 heavy (non-hydrogen) atoms. The number of amides is 1. The highest BCUT2D eigenvalue weighted by Crippen LogP contribution is 2.29. The first-order valence-corrected chi connectivity index (χ1v) is 8.27. The number of aromatic hydroxyl groups is 1. The Balaban J connectivity index is 2.87. The monoisotopic (exact) mass is 356 g/mol. The lowest BCUT2D eigenvalue weighted by Gasteiger charge is -2.27. The lowest BCUT2D eigenvalue weighted by molar-refractivity contribution is -0.132. The summed E-state index contributed by atoms with van der Waals surface area (Å²) >= 11 is 3.42. The Morgan fingerprint density at radius 2 is 1.95 bits per heavy atom. The molecule has 0 bridgehead atoms. The molecule has 118 valence electrons. The van der Waals surface area contributed by atoms with E-state index in [1.165, 1.54) is 0 Å². The van der Waals surface area contributed by atoms with Crippen molar-refractivity contribution in [1.82, 2.24) is 10.2 Å². The number of phenolic OH excluding ortho intramolecular Hbond substituents is 1. The van der Waals surface area contributed by atoms with Crippen molar-refractivity contribution in [2.45, 2.75) is 46.2 Å². The van der Waals surface area contributed by atoms with E-state index < -0.39 is 0 Å². The van der Waals surface area contributed by atoms with E-state index in [4.69, 9.17) is 0 Å². The largest absolute Gasteiger partial charge is 0.508 e. The molecule has 0 saturated carbocycles. The molecule has 4 nitrogen and oxygen atoms in total. The van der Waals surface area contributed by atoms with Crippen LogP contribution in [0.5, 0.6) is 5.75 Å². The normalized spacial score (nSPS) is 13.8. The fourth-order valence-corrected chi connectivity index (χ4v) is 2.79. The number of hydrogen-bond acceptors (Lipinski definition) is 3. The van der Waals surface area contributed by atoms with Crippen LogP contribution in [0.1, 0.15) is 45.7 Å². The second kappa shape index (κ2) is 8.39. The fraction of sp³-hybridized carbons (Fsp3) is 0.562. The van der Waals surface area contributed by atoms with E-state index >= 15 is 0 Å². The zero-order chi connectivity index (χ0) is 16.0. The van der Waals surface area contributed by atoms with E-state index in [2.05, 4.69) is 21.2 Å². The highest BCUT2D eigenvalue weighted by Gasteiger charge is 2.22. The molecule has 2 N–H and O–H groups in total. The molecular weight excluding hydrogens is 332 g/mol. The summed E-state index contributed by atoms with van der Waals surface area (Å²) in [5.74, 6) is 0.341. The smallest absolute Gasteiger partial charge is 0.239 e. The Labute approximate surface area is 135 Å².